The molecule has 6 heteroatoms. The number of hydrogen-bond acceptors (Lipinski definition) is 2. The van der Waals surface area contributed by atoms with Gasteiger partial charge in [-0.15, -0.1) is 0 Å². The molecule has 0 spiro atoms. The summed E-state index contributed by atoms with van der Waals surface area (Å²) in [7, 11) is 0. The van der Waals surface area contributed by atoms with E-state index in [1.54, 1.807) is 35.2 Å². The lowest BCUT2D eigenvalue weighted by atomic mass is 9.77. The smallest absolute Gasteiger partial charge is 0.232 e. The summed E-state index contributed by atoms with van der Waals surface area (Å²) < 4.78 is 0. The van der Waals surface area contributed by atoms with E-state index in [0.717, 1.165) is 5.70 Å². The average Bonchev–Trinajstić information content (AvgIpc) is 2.63. The predicted molar refractivity (Wildman–Crippen MR) is 109 cm³/mol. The van der Waals surface area contributed by atoms with Gasteiger partial charge in [0, 0.05) is 40.1 Å². The second-order valence-corrected chi connectivity index (χ2v) is 7.93. The van der Waals surface area contributed by atoms with E-state index in [-0.39, 0.29) is 18.1 Å². The Morgan fingerprint density at radius 1 is 0.852 bits per heavy atom. The summed E-state index contributed by atoms with van der Waals surface area (Å²) in [5.41, 5.74) is 2.61. The topological polar surface area (TPSA) is 37.4 Å². The number of carbonyl (C=O) groups is 2. The Hall–Kier alpha value is -1.81. The Balaban J connectivity index is 1.93. The summed E-state index contributed by atoms with van der Waals surface area (Å²) in [5.74, 6) is -0.500. The van der Waals surface area contributed by atoms with Gasteiger partial charge in [0.1, 0.15) is 0 Å². The lowest BCUT2D eigenvalue weighted by Crippen LogP contribution is -2.40. The van der Waals surface area contributed by atoms with E-state index < -0.39 is 5.92 Å². The van der Waals surface area contributed by atoms with Crippen LogP contribution in [0.4, 0.5) is 5.69 Å². The van der Waals surface area contributed by atoms with Crippen LogP contribution in [-0.2, 0) is 9.59 Å². The molecule has 3 nitrogen and oxygen atoms in total. The molecule has 1 amide bonds. The van der Waals surface area contributed by atoms with Crippen molar-refractivity contribution in [3.05, 3.63) is 74.4 Å². The predicted octanol–water partition coefficient (Wildman–Crippen LogP) is 6.17. The van der Waals surface area contributed by atoms with Crippen LogP contribution >= 0.6 is 34.8 Å². The van der Waals surface area contributed by atoms with Crippen molar-refractivity contribution < 1.29 is 9.59 Å². The monoisotopic (exact) mass is 419 g/mol. The van der Waals surface area contributed by atoms with Gasteiger partial charge in [-0.25, -0.2) is 0 Å². The third kappa shape index (κ3) is 3.18. The quantitative estimate of drug-likeness (QED) is 0.582. The number of hydrogen-bond donors (Lipinski definition) is 0. The standard InChI is InChI=1S/C21H16Cl3NO2/c22-13-5-1-2-8-16(13)25-17-9-4-10-18(26)21(17)12(11-19(25)27)20-14(23)6-3-7-15(20)24/h1-3,5-8,12H,4,9-11H2. The Labute approximate surface area is 172 Å². The third-order valence-corrected chi connectivity index (χ3v) is 6.10. The number of ketones is 1. The molecule has 4 rings (SSSR count). The van der Waals surface area contributed by atoms with Crippen LogP contribution in [0.1, 0.15) is 37.2 Å². The van der Waals surface area contributed by atoms with Gasteiger partial charge in [0.15, 0.2) is 5.78 Å². The lowest BCUT2D eigenvalue weighted by molar-refractivity contribution is -0.119. The number of rotatable bonds is 2. The molecule has 2 aromatic rings. The van der Waals surface area contributed by atoms with Gasteiger partial charge in [0.25, 0.3) is 0 Å². The number of Topliss-reactive ketones (excluding diaryl/α,β-unsaturated/α-hetero) is 1. The van der Waals surface area contributed by atoms with Crippen LogP contribution in [0.5, 0.6) is 0 Å². The molecule has 0 bridgehead atoms. The van der Waals surface area contributed by atoms with Crippen LogP contribution in [0.25, 0.3) is 0 Å². The van der Waals surface area contributed by atoms with Gasteiger partial charge < -0.3 is 0 Å². The van der Waals surface area contributed by atoms with E-state index in [9.17, 15) is 9.59 Å². The lowest BCUT2D eigenvalue weighted by Gasteiger charge is -2.39. The molecule has 138 valence electrons. The number of carbonyl (C=O) groups excluding carboxylic acids is 2. The van der Waals surface area contributed by atoms with Crippen LogP contribution in [0, 0.1) is 0 Å². The van der Waals surface area contributed by atoms with Crippen molar-refractivity contribution in [2.75, 3.05) is 4.90 Å². The molecule has 0 fully saturated rings. The SMILES string of the molecule is O=C1CCCC2=C1C(c1c(Cl)cccc1Cl)CC(=O)N2c1ccccc1Cl. The molecule has 2 aliphatic rings. The molecule has 2 aromatic carbocycles. The van der Waals surface area contributed by atoms with Gasteiger partial charge in [0.05, 0.1) is 10.7 Å². The van der Waals surface area contributed by atoms with Crippen LogP contribution in [0.3, 0.4) is 0 Å². The molecular weight excluding hydrogens is 405 g/mol. The van der Waals surface area contributed by atoms with Crippen molar-refractivity contribution in [2.24, 2.45) is 0 Å². The number of amides is 1. The molecule has 27 heavy (non-hydrogen) atoms. The highest BCUT2D eigenvalue weighted by molar-refractivity contribution is 6.36. The fourth-order valence-electron chi connectivity index (χ4n) is 4.00. The minimum absolute atomic E-state index is 0.0433. The first-order chi connectivity index (χ1) is 13.0. The van der Waals surface area contributed by atoms with Gasteiger partial charge in [-0.2, -0.15) is 0 Å². The number of nitrogens with zero attached hydrogens (tertiary/aromatic N) is 1. The summed E-state index contributed by atoms with van der Waals surface area (Å²) in [6.07, 6.45) is 1.92. The molecule has 0 N–H and O–H groups in total. The second-order valence-electron chi connectivity index (χ2n) is 6.71. The first-order valence-corrected chi connectivity index (χ1v) is 9.90. The molecule has 0 saturated carbocycles. The summed E-state index contributed by atoms with van der Waals surface area (Å²) >= 11 is 19.2. The largest absolute Gasteiger partial charge is 0.294 e. The fourth-order valence-corrected chi connectivity index (χ4v) is 4.88. The van der Waals surface area contributed by atoms with E-state index in [1.807, 2.05) is 12.1 Å². The summed E-state index contributed by atoms with van der Waals surface area (Å²) in [5, 5.41) is 1.42. The molecular formula is C21H16Cl3NO2. The Kier molecular flexibility index (Phi) is 5.02. The third-order valence-electron chi connectivity index (χ3n) is 5.12. The maximum atomic E-state index is 13.2. The van der Waals surface area contributed by atoms with Crippen LogP contribution < -0.4 is 4.90 Å². The van der Waals surface area contributed by atoms with Gasteiger partial charge in [-0.3, -0.25) is 14.5 Å². The summed E-state index contributed by atoms with van der Waals surface area (Å²) in [6, 6.07) is 12.4. The van der Waals surface area contributed by atoms with Crippen molar-refractivity contribution in [1.29, 1.82) is 0 Å². The van der Waals surface area contributed by atoms with Crippen molar-refractivity contribution in [1.82, 2.24) is 0 Å². The minimum atomic E-state index is -0.430. The van der Waals surface area contributed by atoms with Crippen LogP contribution in [-0.4, -0.2) is 11.7 Å². The van der Waals surface area contributed by atoms with Gasteiger partial charge in [-0.1, -0.05) is 53.0 Å². The number of anilines is 1. The molecule has 1 heterocycles. The van der Waals surface area contributed by atoms with Gasteiger partial charge in [0.2, 0.25) is 5.91 Å². The number of halogens is 3. The summed E-state index contributed by atoms with van der Waals surface area (Å²) in [4.78, 5) is 27.6. The number of para-hydroxylation sites is 1. The molecule has 1 aliphatic heterocycles. The van der Waals surface area contributed by atoms with E-state index in [0.29, 0.717) is 51.2 Å². The maximum Gasteiger partial charge on any atom is 0.232 e. The van der Waals surface area contributed by atoms with Crippen LogP contribution in [0.15, 0.2) is 53.7 Å². The van der Waals surface area contributed by atoms with Gasteiger partial charge in [-0.05, 0) is 42.7 Å². The van der Waals surface area contributed by atoms with E-state index in [2.05, 4.69) is 0 Å². The highest BCUT2D eigenvalue weighted by Crippen LogP contribution is 2.47. The van der Waals surface area contributed by atoms with Crippen molar-refractivity contribution in [3.63, 3.8) is 0 Å². The van der Waals surface area contributed by atoms with E-state index in [4.69, 9.17) is 34.8 Å². The summed E-state index contributed by atoms with van der Waals surface area (Å²) in [6.45, 7) is 0. The Bertz CT molecular complexity index is 963. The molecule has 1 unspecified atom stereocenters. The second kappa shape index (κ2) is 7.31. The molecule has 0 radical (unpaired) electrons. The van der Waals surface area contributed by atoms with Crippen molar-refractivity contribution in [2.45, 2.75) is 31.6 Å². The van der Waals surface area contributed by atoms with Crippen molar-refractivity contribution in [3.8, 4) is 0 Å². The molecule has 1 atom stereocenters. The zero-order valence-corrected chi connectivity index (χ0v) is 16.6. The minimum Gasteiger partial charge on any atom is -0.294 e. The average molecular weight is 421 g/mol. The number of allylic oxidation sites excluding steroid dienone is 2. The zero-order valence-electron chi connectivity index (χ0n) is 14.3. The highest BCUT2D eigenvalue weighted by atomic mass is 35.5. The maximum absolute atomic E-state index is 13.2. The zero-order chi connectivity index (χ0) is 19.1. The molecule has 0 aromatic heterocycles. The van der Waals surface area contributed by atoms with E-state index in [1.165, 1.54) is 0 Å². The molecule has 1 aliphatic carbocycles. The van der Waals surface area contributed by atoms with Crippen molar-refractivity contribution >= 4 is 52.2 Å². The van der Waals surface area contributed by atoms with Crippen LogP contribution in [0.2, 0.25) is 15.1 Å². The highest BCUT2D eigenvalue weighted by Gasteiger charge is 2.41. The fraction of sp³-hybridized carbons (Fsp3) is 0.238. The van der Waals surface area contributed by atoms with E-state index >= 15 is 0 Å². The molecule has 0 saturated heterocycles. The Morgan fingerprint density at radius 3 is 2.22 bits per heavy atom. The number of benzene rings is 2. The first kappa shape index (κ1) is 18.5. The van der Waals surface area contributed by atoms with Gasteiger partial charge >= 0.3 is 0 Å². The first-order valence-electron chi connectivity index (χ1n) is 8.76. The normalized spacial score (nSPS) is 20.1. The Morgan fingerprint density at radius 2 is 1.52 bits per heavy atom.